The second-order valence-corrected chi connectivity index (χ2v) is 5.88. The Morgan fingerprint density at radius 1 is 1.08 bits per heavy atom. The molecule has 0 saturated heterocycles. The molecular formula is C19H24Cl2N4O. The molecule has 0 saturated carbocycles. The summed E-state index contributed by atoms with van der Waals surface area (Å²) in [6, 6.07) is 17.4. The molecule has 0 aliphatic heterocycles. The number of hydrogen-bond acceptors (Lipinski definition) is 3. The summed E-state index contributed by atoms with van der Waals surface area (Å²) >= 11 is 0. The fourth-order valence-electron chi connectivity index (χ4n) is 2.70. The zero-order valence-electron chi connectivity index (χ0n) is 14.4. The zero-order valence-corrected chi connectivity index (χ0v) is 16.0. The highest BCUT2D eigenvalue weighted by molar-refractivity contribution is 5.85. The fraction of sp³-hybridized carbons (Fsp3) is 0.263. The van der Waals surface area contributed by atoms with Gasteiger partial charge in [0.15, 0.2) is 0 Å². The van der Waals surface area contributed by atoms with Crippen LogP contribution in [-0.4, -0.2) is 22.4 Å². The summed E-state index contributed by atoms with van der Waals surface area (Å²) in [5.41, 5.74) is 9.06. The zero-order chi connectivity index (χ0) is 16.8. The number of benzene rings is 2. The van der Waals surface area contributed by atoms with E-state index in [0.29, 0.717) is 13.0 Å². The van der Waals surface area contributed by atoms with E-state index in [0.717, 1.165) is 35.3 Å². The Bertz CT molecular complexity index is 774. The first-order valence-electron chi connectivity index (χ1n) is 8.23. The van der Waals surface area contributed by atoms with Crippen molar-refractivity contribution in [2.75, 3.05) is 6.54 Å². The number of fused-ring (bicyclic) bond motifs is 1. The van der Waals surface area contributed by atoms with Gasteiger partial charge < -0.3 is 16.0 Å². The lowest BCUT2D eigenvalue weighted by Crippen LogP contribution is -2.28. The van der Waals surface area contributed by atoms with Crippen LogP contribution in [0.2, 0.25) is 0 Å². The molecule has 7 heteroatoms. The Balaban J connectivity index is 0.00000169. The topological polar surface area (TPSA) is 83.8 Å². The molecule has 4 N–H and O–H groups in total. The number of aromatic nitrogens is 2. The van der Waals surface area contributed by atoms with Gasteiger partial charge in [0.05, 0.1) is 11.0 Å². The smallest absolute Gasteiger partial charge is 0.221 e. The van der Waals surface area contributed by atoms with Gasteiger partial charge in [-0.3, -0.25) is 4.79 Å². The van der Waals surface area contributed by atoms with E-state index >= 15 is 0 Å². The Kier molecular flexibility index (Phi) is 9.13. The SMILES string of the molecule is Cl.Cl.NC(CC(=O)NCCCc1nc2ccccc2[nH]1)c1ccccc1. The molecule has 2 aromatic carbocycles. The average Bonchev–Trinajstić information content (AvgIpc) is 3.02. The van der Waals surface area contributed by atoms with E-state index in [1.807, 2.05) is 54.6 Å². The number of nitrogens with zero attached hydrogens (tertiary/aromatic N) is 1. The van der Waals surface area contributed by atoms with E-state index in [9.17, 15) is 4.79 Å². The third-order valence-corrected chi connectivity index (χ3v) is 3.98. The highest BCUT2D eigenvalue weighted by atomic mass is 35.5. The van der Waals surface area contributed by atoms with Crippen molar-refractivity contribution < 1.29 is 4.79 Å². The van der Waals surface area contributed by atoms with Crippen molar-refractivity contribution in [1.82, 2.24) is 15.3 Å². The quantitative estimate of drug-likeness (QED) is 0.535. The van der Waals surface area contributed by atoms with Gasteiger partial charge >= 0.3 is 0 Å². The molecule has 140 valence electrons. The number of para-hydroxylation sites is 2. The molecule has 1 aromatic heterocycles. The summed E-state index contributed by atoms with van der Waals surface area (Å²) in [4.78, 5) is 19.8. The number of halogens is 2. The summed E-state index contributed by atoms with van der Waals surface area (Å²) in [5, 5.41) is 2.93. The summed E-state index contributed by atoms with van der Waals surface area (Å²) in [6.45, 7) is 0.622. The van der Waals surface area contributed by atoms with Crippen LogP contribution in [0, 0.1) is 0 Å². The maximum Gasteiger partial charge on any atom is 0.221 e. The molecule has 0 fully saturated rings. The van der Waals surface area contributed by atoms with E-state index in [1.165, 1.54) is 0 Å². The van der Waals surface area contributed by atoms with E-state index in [4.69, 9.17) is 5.73 Å². The number of aromatic amines is 1. The number of nitrogens with two attached hydrogens (primary N) is 1. The molecule has 0 radical (unpaired) electrons. The second kappa shape index (κ2) is 10.8. The second-order valence-electron chi connectivity index (χ2n) is 5.88. The number of rotatable bonds is 7. The third-order valence-electron chi connectivity index (χ3n) is 3.98. The molecule has 1 unspecified atom stereocenters. The van der Waals surface area contributed by atoms with Crippen LogP contribution in [0.3, 0.4) is 0 Å². The van der Waals surface area contributed by atoms with Crippen LogP contribution in [0.15, 0.2) is 54.6 Å². The van der Waals surface area contributed by atoms with Crippen molar-refractivity contribution in [2.45, 2.75) is 25.3 Å². The van der Waals surface area contributed by atoms with E-state index in [-0.39, 0.29) is 36.8 Å². The monoisotopic (exact) mass is 394 g/mol. The summed E-state index contributed by atoms with van der Waals surface area (Å²) in [6.07, 6.45) is 1.94. The van der Waals surface area contributed by atoms with Crippen molar-refractivity contribution in [3.05, 3.63) is 66.0 Å². The summed E-state index contributed by atoms with van der Waals surface area (Å²) < 4.78 is 0. The molecule has 1 heterocycles. The van der Waals surface area contributed by atoms with Crippen LogP contribution in [-0.2, 0) is 11.2 Å². The predicted molar refractivity (Wildman–Crippen MR) is 110 cm³/mol. The minimum Gasteiger partial charge on any atom is -0.356 e. The Hall–Kier alpha value is -2.08. The number of nitrogens with one attached hydrogen (secondary N) is 2. The molecular weight excluding hydrogens is 371 g/mol. The van der Waals surface area contributed by atoms with Crippen molar-refractivity contribution in [1.29, 1.82) is 0 Å². The van der Waals surface area contributed by atoms with Gasteiger partial charge in [0, 0.05) is 25.4 Å². The molecule has 0 aliphatic rings. The van der Waals surface area contributed by atoms with Gasteiger partial charge in [0.2, 0.25) is 5.91 Å². The number of amides is 1. The first kappa shape index (κ1) is 22.0. The van der Waals surface area contributed by atoms with Crippen LogP contribution in [0.5, 0.6) is 0 Å². The minimum atomic E-state index is -0.262. The maximum absolute atomic E-state index is 12.0. The molecule has 0 spiro atoms. The van der Waals surface area contributed by atoms with Gasteiger partial charge in [-0.1, -0.05) is 42.5 Å². The van der Waals surface area contributed by atoms with Crippen molar-refractivity contribution in [2.24, 2.45) is 5.73 Å². The van der Waals surface area contributed by atoms with Gasteiger partial charge in [0.25, 0.3) is 0 Å². The summed E-state index contributed by atoms with van der Waals surface area (Å²) in [5.74, 6) is 0.933. The lowest BCUT2D eigenvalue weighted by molar-refractivity contribution is -0.121. The highest BCUT2D eigenvalue weighted by Gasteiger charge is 2.11. The van der Waals surface area contributed by atoms with E-state index in [2.05, 4.69) is 15.3 Å². The largest absolute Gasteiger partial charge is 0.356 e. The van der Waals surface area contributed by atoms with Crippen LogP contribution < -0.4 is 11.1 Å². The number of imidazole rings is 1. The fourth-order valence-corrected chi connectivity index (χ4v) is 2.70. The van der Waals surface area contributed by atoms with E-state index < -0.39 is 0 Å². The van der Waals surface area contributed by atoms with Crippen LogP contribution in [0.25, 0.3) is 11.0 Å². The van der Waals surface area contributed by atoms with Crippen LogP contribution in [0.1, 0.15) is 30.3 Å². The number of carbonyl (C=O) groups excluding carboxylic acids is 1. The first-order chi connectivity index (χ1) is 11.7. The van der Waals surface area contributed by atoms with Crippen LogP contribution >= 0.6 is 24.8 Å². The molecule has 0 aliphatic carbocycles. The first-order valence-corrected chi connectivity index (χ1v) is 8.23. The lowest BCUT2D eigenvalue weighted by Gasteiger charge is -2.11. The van der Waals surface area contributed by atoms with Gasteiger partial charge in [-0.25, -0.2) is 4.98 Å². The molecule has 1 atom stereocenters. The van der Waals surface area contributed by atoms with E-state index in [1.54, 1.807) is 0 Å². The normalized spacial score (nSPS) is 11.3. The number of aryl methyl sites for hydroxylation is 1. The molecule has 5 nitrogen and oxygen atoms in total. The Morgan fingerprint density at radius 3 is 2.50 bits per heavy atom. The molecule has 3 rings (SSSR count). The van der Waals surface area contributed by atoms with Gasteiger partial charge in [-0.15, -0.1) is 24.8 Å². The third kappa shape index (κ3) is 6.02. The van der Waals surface area contributed by atoms with Crippen molar-refractivity contribution in [3.63, 3.8) is 0 Å². The van der Waals surface area contributed by atoms with Crippen molar-refractivity contribution in [3.8, 4) is 0 Å². The number of hydrogen-bond donors (Lipinski definition) is 3. The van der Waals surface area contributed by atoms with Gasteiger partial charge in [-0.05, 0) is 24.1 Å². The van der Waals surface area contributed by atoms with Crippen LogP contribution in [0.4, 0.5) is 0 Å². The minimum absolute atomic E-state index is 0. The Labute approximate surface area is 165 Å². The molecule has 26 heavy (non-hydrogen) atoms. The number of H-pyrrole nitrogens is 1. The standard InChI is InChI=1S/C19H22N4O.2ClH/c20-15(14-7-2-1-3-8-14)13-19(24)21-12-6-11-18-22-16-9-4-5-10-17(16)23-18;;/h1-5,7-10,15H,6,11-13,20H2,(H,21,24)(H,22,23);2*1H. The Morgan fingerprint density at radius 2 is 1.77 bits per heavy atom. The predicted octanol–water partition coefficient (Wildman–Crippen LogP) is 3.55. The molecule has 3 aromatic rings. The van der Waals surface area contributed by atoms with Gasteiger partial charge in [-0.2, -0.15) is 0 Å². The molecule has 1 amide bonds. The van der Waals surface area contributed by atoms with Crippen molar-refractivity contribution >= 4 is 41.8 Å². The van der Waals surface area contributed by atoms with Gasteiger partial charge in [0.1, 0.15) is 5.82 Å². The molecule has 0 bridgehead atoms. The average molecular weight is 395 g/mol. The maximum atomic E-state index is 12.0. The summed E-state index contributed by atoms with van der Waals surface area (Å²) in [7, 11) is 0. The lowest BCUT2D eigenvalue weighted by atomic mass is 10.0. The number of carbonyl (C=O) groups is 1. The highest BCUT2D eigenvalue weighted by Crippen LogP contribution is 2.13.